The van der Waals surface area contributed by atoms with E-state index in [4.69, 9.17) is 11.6 Å². The summed E-state index contributed by atoms with van der Waals surface area (Å²) in [4.78, 5) is 6.54. The van der Waals surface area contributed by atoms with Crippen LogP contribution in [-0.2, 0) is 0 Å². The molecule has 0 saturated carbocycles. The molecule has 0 aliphatic carbocycles. The van der Waals surface area contributed by atoms with E-state index >= 15 is 0 Å². The SMILES string of the molecule is Cc1cnc(Cl)c(NCC2CCCN(C)C2)c1. The quantitative estimate of drug-likeness (QED) is 0.840. The summed E-state index contributed by atoms with van der Waals surface area (Å²) in [6.07, 6.45) is 4.39. The summed E-state index contributed by atoms with van der Waals surface area (Å²) < 4.78 is 0. The third-order valence-corrected chi connectivity index (χ3v) is 3.58. The summed E-state index contributed by atoms with van der Waals surface area (Å²) in [6.45, 7) is 5.41. The van der Waals surface area contributed by atoms with Crippen molar-refractivity contribution in [3.05, 3.63) is 23.0 Å². The minimum atomic E-state index is 0.569. The van der Waals surface area contributed by atoms with Gasteiger partial charge < -0.3 is 10.2 Å². The van der Waals surface area contributed by atoms with E-state index in [1.54, 1.807) is 6.20 Å². The molecule has 0 aromatic carbocycles. The van der Waals surface area contributed by atoms with Crippen molar-refractivity contribution in [2.45, 2.75) is 19.8 Å². The molecule has 1 unspecified atom stereocenters. The lowest BCUT2D eigenvalue weighted by Gasteiger charge is -2.30. The molecular formula is C13H20ClN3. The number of aromatic nitrogens is 1. The maximum atomic E-state index is 6.06. The predicted octanol–water partition coefficient (Wildman–Crippen LogP) is 2.80. The van der Waals surface area contributed by atoms with Gasteiger partial charge in [0.15, 0.2) is 5.15 Å². The van der Waals surface area contributed by atoms with Crippen LogP contribution in [0, 0.1) is 12.8 Å². The molecule has 1 aliphatic rings. The first-order valence-corrected chi connectivity index (χ1v) is 6.57. The fourth-order valence-electron chi connectivity index (χ4n) is 2.37. The van der Waals surface area contributed by atoms with Crippen molar-refractivity contribution >= 4 is 17.3 Å². The lowest BCUT2D eigenvalue weighted by atomic mass is 9.98. The molecule has 17 heavy (non-hydrogen) atoms. The van der Waals surface area contributed by atoms with Gasteiger partial charge in [-0.2, -0.15) is 0 Å². The molecule has 3 nitrogen and oxygen atoms in total. The van der Waals surface area contributed by atoms with Crippen LogP contribution in [0.4, 0.5) is 5.69 Å². The summed E-state index contributed by atoms with van der Waals surface area (Å²) in [5.41, 5.74) is 2.09. The van der Waals surface area contributed by atoms with Gasteiger partial charge in [0, 0.05) is 19.3 Å². The summed E-state index contributed by atoms with van der Waals surface area (Å²) in [5, 5.41) is 3.99. The molecule has 1 atom stereocenters. The number of nitrogens with one attached hydrogen (secondary N) is 1. The number of piperidine rings is 1. The van der Waals surface area contributed by atoms with Gasteiger partial charge in [-0.1, -0.05) is 11.6 Å². The maximum absolute atomic E-state index is 6.06. The molecule has 1 aromatic rings. The van der Waals surface area contributed by atoms with Gasteiger partial charge in [-0.05, 0) is 50.9 Å². The first kappa shape index (κ1) is 12.7. The largest absolute Gasteiger partial charge is 0.382 e. The van der Waals surface area contributed by atoms with Crippen LogP contribution in [0.2, 0.25) is 5.15 Å². The molecule has 2 rings (SSSR count). The van der Waals surface area contributed by atoms with Crippen LogP contribution >= 0.6 is 11.6 Å². The van der Waals surface area contributed by atoms with Gasteiger partial charge in [0.2, 0.25) is 0 Å². The van der Waals surface area contributed by atoms with Crippen molar-refractivity contribution in [3.8, 4) is 0 Å². The van der Waals surface area contributed by atoms with Crippen molar-refractivity contribution in [2.24, 2.45) is 5.92 Å². The van der Waals surface area contributed by atoms with Crippen LogP contribution in [-0.4, -0.2) is 36.6 Å². The zero-order chi connectivity index (χ0) is 12.3. The molecule has 4 heteroatoms. The van der Waals surface area contributed by atoms with Gasteiger partial charge in [-0.3, -0.25) is 0 Å². The van der Waals surface area contributed by atoms with Crippen LogP contribution in [0.3, 0.4) is 0 Å². The van der Waals surface area contributed by atoms with Gasteiger partial charge in [0.1, 0.15) is 0 Å². The number of likely N-dealkylation sites (tertiary alicyclic amines) is 1. The molecule has 0 spiro atoms. The van der Waals surface area contributed by atoms with Crippen molar-refractivity contribution in [1.82, 2.24) is 9.88 Å². The molecule has 1 saturated heterocycles. The molecule has 0 radical (unpaired) electrons. The number of rotatable bonds is 3. The van der Waals surface area contributed by atoms with Gasteiger partial charge >= 0.3 is 0 Å². The van der Waals surface area contributed by atoms with Crippen LogP contribution < -0.4 is 5.32 Å². The molecule has 1 aromatic heterocycles. The van der Waals surface area contributed by atoms with Crippen LogP contribution in [0.1, 0.15) is 18.4 Å². The highest BCUT2D eigenvalue weighted by Gasteiger charge is 2.17. The van der Waals surface area contributed by atoms with Crippen molar-refractivity contribution in [3.63, 3.8) is 0 Å². The van der Waals surface area contributed by atoms with Crippen LogP contribution in [0.25, 0.3) is 0 Å². The van der Waals surface area contributed by atoms with Gasteiger partial charge in [0.05, 0.1) is 5.69 Å². The predicted molar refractivity (Wildman–Crippen MR) is 72.7 cm³/mol. The fourth-order valence-corrected chi connectivity index (χ4v) is 2.54. The van der Waals surface area contributed by atoms with E-state index in [0.717, 1.165) is 17.8 Å². The van der Waals surface area contributed by atoms with Crippen LogP contribution in [0.5, 0.6) is 0 Å². The Morgan fingerprint density at radius 3 is 3.18 bits per heavy atom. The molecule has 1 fully saturated rings. The number of halogens is 1. The molecule has 0 bridgehead atoms. The van der Waals surface area contributed by atoms with E-state index in [1.165, 1.54) is 25.9 Å². The summed E-state index contributed by atoms with van der Waals surface area (Å²) in [7, 11) is 2.19. The number of aryl methyl sites for hydroxylation is 1. The van der Waals surface area contributed by atoms with Crippen molar-refractivity contribution in [2.75, 3.05) is 32.0 Å². The molecule has 1 N–H and O–H groups in total. The normalized spacial score (nSPS) is 21.5. The Morgan fingerprint density at radius 2 is 2.41 bits per heavy atom. The summed E-state index contributed by atoms with van der Waals surface area (Å²) >= 11 is 6.06. The molecule has 94 valence electrons. The second-order valence-corrected chi connectivity index (χ2v) is 5.36. The molecule has 1 aliphatic heterocycles. The van der Waals surface area contributed by atoms with E-state index < -0.39 is 0 Å². The fraction of sp³-hybridized carbons (Fsp3) is 0.615. The highest BCUT2D eigenvalue weighted by atomic mass is 35.5. The van der Waals surface area contributed by atoms with Gasteiger partial charge in [-0.25, -0.2) is 4.98 Å². The second kappa shape index (κ2) is 5.69. The lowest BCUT2D eigenvalue weighted by Crippen LogP contribution is -2.35. The first-order chi connectivity index (χ1) is 8.15. The number of anilines is 1. The van der Waals surface area contributed by atoms with E-state index in [1.807, 2.05) is 6.92 Å². The Hall–Kier alpha value is -0.800. The standard InChI is InChI=1S/C13H20ClN3/c1-10-6-12(13(14)16-7-10)15-8-11-4-3-5-17(2)9-11/h6-7,11,15H,3-5,8-9H2,1-2H3. The topological polar surface area (TPSA) is 28.2 Å². The third kappa shape index (κ3) is 3.58. The highest BCUT2D eigenvalue weighted by molar-refractivity contribution is 6.31. The maximum Gasteiger partial charge on any atom is 0.152 e. The minimum Gasteiger partial charge on any atom is -0.382 e. The smallest absolute Gasteiger partial charge is 0.152 e. The zero-order valence-corrected chi connectivity index (χ0v) is 11.3. The zero-order valence-electron chi connectivity index (χ0n) is 10.5. The number of nitrogens with zero attached hydrogens (tertiary/aromatic N) is 2. The summed E-state index contributed by atoms with van der Waals surface area (Å²) in [6, 6.07) is 2.06. The van der Waals surface area contributed by atoms with E-state index in [2.05, 4.69) is 28.3 Å². The first-order valence-electron chi connectivity index (χ1n) is 6.19. The van der Waals surface area contributed by atoms with Crippen molar-refractivity contribution in [1.29, 1.82) is 0 Å². The van der Waals surface area contributed by atoms with E-state index in [0.29, 0.717) is 11.1 Å². The number of pyridine rings is 1. The van der Waals surface area contributed by atoms with Gasteiger partial charge in [-0.15, -0.1) is 0 Å². The van der Waals surface area contributed by atoms with E-state index in [-0.39, 0.29) is 0 Å². The Balaban J connectivity index is 1.90. The molecule has 0 amide bonds. The Kier molecular flexibility index (Phi) is 4.24. The average molecular weight is 254 g/mol. The minimum absolute atomic E-state index is 0.569. The highest BCUT2D eigenvalue weighted by Crippen LogP contribution is 2.21. The summed E-state index contributed by atoms with van der Waals surface area (Å²) in [5.74, 6) is 0.713. The van der Waals surface area contributed by atoms with Crippen LogP contribution in [0.15, 0.2) is 12.3 Å². The average Bonchev–Trinajstić information content (AvgIpc) is 2.30. The lowest BCUT2D eigenvalue weighted by molar-refractivity contribution is 0.217. The third-order valence-electron chi connectivity index (χ3n) is 3.28. The number of hydrogen-bond donors (Lipinski definition) is 1. The van der Waals surface area contributed by atoms with Crippen molar-refractivity contribution < 1.29 is 0 Å². The Bertz CT molecular complexity index is 381. The van der Waals surface area contributed by atoms with Gasteiger partial charge in [0.25, 0.3) is 0 Å². The Labute approximate surface area is 108 Å². The molecule has 2 heterocycles. The second-order valence-electron chi connectivity index (χ2n) is 5.00. The van der Waals surface area contributed by atoms with E-state index in [9.17, 15) is 0 Å². The Morgan fingerprint density at radius 1 is 1.59 bits per heavy atom. The molecular weight excluding hydrogens is 234 g/mol. The number of hydrogen-bond acceptors (Lipinski definition) is 3. The monoisotopic (exact) mass is 253 g/mol.